The molecule has 1 aromatic carbocycles. The van der Waals surface area contributed by atoms with Crippen LogP contribution in [0.25, 0.3) is 0 Å². The van der Waals surface area contributed by atoms with Gasteiger partial charge in [0.05, 0.1) is 5.69 Å². The third kappa shape index (κ3) is 4.12. The van der Waals surface area contributed by atoms with Gasteiger partial charge in [0, 0.05) is 31.7 Å². The predicted molar refractivity (Wildman–Crippen MR) is 61.4 cm³/mol. The van der Waals surface area contributed by atoms with E-state index in [0.29, 0.717) is 18.8 Å². The summed E-state index contributed by atoms with van der Waals surface area (Å²) in [6, 6.07) is 3.65. The molecule has 0 heterocycles. The highest BCUT2D eigenvalue weighted by molar-refractivity contribution is 5.44. The molecule has 0 amide bonds. The average molecular weight is 229 g/mol. The fraction of sp³-hybridized carbons (Fsp3) is 0.455. The van der Waals surface area contributed by atoms with Crippen molar-refractivity contribution in [1.82, 2.24) is 5.32 Å². The number of anilines is 1. The minimum absolute atomic E-state index is 0.174. The summed E-state index contributed by atoms with van der Waals surface area (Å²) in [4.78, 5) is 0. The Morgan fingerprint density at radius 1 is 1.38 bits per heavy atom. The van der Waals surface area contributed by atoms with E-state index in [1.54, 1.807) is 0 Å². The molecule has 0 saturated carbocycles. The lowest BCUT2D eigenvalue weighted by atomic mass is 10.2. The van der Waals surface area contributed by atoms with E-state index in [2.05, 4.69) is 10.6 Å². The Morgan fingerprint density at radius 2 is 2.12 bits per heavy atom. The number of hydrogen-bond acceptors (Lipinski definition) is 3. The Kier molecular flexibility index (Phi) is 5.14. The Morgan fingerprint density at radius 3 is 2.75 bits per heavy atom. The van der Waals surface area contributed by atoms with Crippen molar-refractivity contribution in [2.75, 3.05) is 25.0 Å². The summed E-state index contributed by atoms with van der Waals surface area (Å²) in [5.41, 5.74) is 5.65. The third-order valence-electron chi connectivity index (χ3n) is 2.17. The molecule has 0 bridgehead atoms. The molecule has 0 saturated heterocycles. The maximum absolute atomic E-state index is 13.2. The summed E-state index contributed by atoms with van der Waals surface area (Å²) in [5.74, 6) is -1.15. The Bertz CT molecular complexity index is 331. The van der Waals surface area contributed by atoms with Crippen LogP contribution in [0.4, 0.5) is 14.5 Å². The van der Waals surface area contributed by atoms with Gasteiger partial charge in [-0.25, -0.2) is 8.78 Å². The number of hydrogen-bond donors (Lipinski definition) is 3. The zero-order chi connectivity index (χ0) is 12.0. The maximum atomic E-state index is 13.2. The second kappa shape index (κ2) is 6.40. The van der Waals surface area contributed by atoms with Crippen molar-refractivity contribution in [1.29, 1.82) is 0 Å². The fourth-order valence-corrected chi connectivity index (χ4v) is 1.30. The molecule has 5 heteroatoms. The van der Waals surface area contributed by atoms with E-state index in [9.17, 15) is 8.78 Å². The number of halogens is 2. The standard InChI is InChI=1S/C11H17F2N3/c1-8(15-5-4-14)7-16-11-3-2-9(12)6-10(11)13/h2-3,6,8,15-16H,4-5,7,14H2,1H3. The fourth-order valence-electron chi connectivity index (χ4n) is 1.30. The third-order valence-corrected chi connectivity index (χ3v) is 2.17. The van der Waals surface area contributed by atoms with Gasteiger partial charge in [-0.2, -0.15) is 0 Å². The molecule has 3 nitrogen and oxygen atoms in total. The molecule has 1 atom stereocenters. The molecule has 0 fully saturated rings. The smallest absolute Gasteiger partial charge is 0.149 e. The summed E-state index contributed by atoms with van der Waals surface area (Å²) in [6.07, 6.45) is 0. The van der Waals surface area contributed by atoms with Crippen LogP contribution in [0.1, 0.15) is 6.92 Å². The first-order valence-electron chi connectivity index (χ1n) is 5.26. The van der Waals surface area contributed by atoms with Crippen LogP contribution in [-0.2, 0) is 0 Å². The minimum atomic E-state index is -0.578. The first-order valence-corrected chi connectivity index (χ1v) is 5.26. The van der Waals surface area contributed by atoms with E-state index >= 15 is 0 Å². The molecule has 0 spiro atoms. The van der Waals surface area contributed by atoms with Gasteiger partial charge in [0.15, 0.2) is 0 Å². The van der Waals surface area contributed by atoms with Crippen LogP contribution in [0.15, 0.2) is 18.2 Å². The van der Waals surface area contributed by atoms with Gasteiger partial charge in [-0.05, 0) is 19.1 Å². The lowest BCUT2D eigenvalue weighted by molar-refractivity contribution is 0.567. The van der Waals surface area contributed by atoms with Crippen molar-refractivity contribution in [3.63, 3.8) is 0 Å². The highest BCUT2D eigenvalue weighted by Gasteiger charge is 2.05. The van der Waals surface area contributed by atoms with E-state index in [1.165, 1.54) is 12.1 Å². The van der Waals surface area contributed by atoms with Crippen molar-refractivity contribution in [2.45, 2.75) is 13.0 Å². The largest absolute Gasteiger partial charge is 0.381 e. The van der Waals surface area contributed by atoms with E-state index in [0.717, 1.165) is 12.6 Å². The van der Waals surface area contributed by atoms with Gasteiger partial charge in [-0.1, -0.05) is 0 Å². The Labute approximate surface area is 94.0 Å². The molecule has 90 valence electrons. The summed E-state index contributed by atoms with van der Waals surface area (Å²) in [5, 5.41) is 6.05. The number of rotatable bonds is 6. The second-order valence-corrected chi connectivity index (χ2v) is 3.65. The van der Waals surface area contributed by atoms with Gasteiger partial charge in [-0.15, -0.1) is 0 Å². The summed E-state index contributed by atoms with van der Waals surface area (Å²) in [6.45, 7) is 3.80. The number of benzene rings is 1. The van der Waals surface area contributed by atoms with Crippen molar-refractivity contribution in [2.24, 2.45) is 5.73 Å². The van der Waals surface area contributed by atoms with Gasteiger partial charge in [0.1, 0.15) is 11.6 Å². The molecule has 0 aliphatic rings. The molecule has 1 rings (SSSR count). The summed E-state index contributed by atoms with van der Waals surface area (Å²) >= 11 is 0. The van der Waals surface area contributed by atoms with E-state index in [1.807, 2.05) is 6.92 Å². The topological polar surface area (TPSA) is 50.1 Å². The number of nitrogens with one attached hydrogen (secondary N) is 2. The van der Waals surface area contributed by atoms with Crippen molar-refractivity contribution >= 4 is 5.69 Å². The van der Waals surface area contributed by atoms with E-state index in [-0.39, 0.29) is 6.04 Å². The van der Waals surface area contributed by atoms with Crippen LogP contribution in [-0.4, -0.2) is 25.7 Å². The summed E-state index contributed by atoms with van der Waals surface area (Å²) < 4.78 is 25.8. The molecule has 0 aromatic heterocycles. The van der Waals surface area contributed by atoms with Crippen LogP contribution >= 0.6 is 0 Å². The van der Waals surface area contributed by atoms with Crippen LogP contribution < -0.4 is 16.4 Å². The average Bonchev–Trinajstić information content (AvgIpc) is 2.25. The molecular formula is C11H17F2N3. The van der Waals surface area contributed by atoms with Crippen LogP contribution in [0.3, 0.4) is 0 Å². The van der Waals surface area contributed by atoms with Gasteiger partial charge in [0.25, 0.3) is 0 Å². The van der Waals surface area contributed by atoms with Gasteiger partial charge in [0.2, 0.25) is 0 Å². The SMILES string of the molecule is CC(CNc1ccc(F)cc1F)NCCN. The monoisotopic (exact) mass is 229 g/mol. The molecule has 4 N–H and O–H groups in total. The highest BCUT2D eigenvalue weighted by atomic mass is 19.1. The minimum Gasteiger partial charge on any atom is -0.381 e. The zero-order valence-corrected chi connectivity index (χ0v) is 9.26. The van der Waals surface area contributed by atoms with Crippen molar-refractivity contribution < 1.29 is 8.78 Å². The normalized spacial score (nSPS) is 12.5. The lowest BCUT2D eigenvalue weighted by Crippen LogP contribution is -2.36. The first kappa shape index (κ1) is 12.9. The second-order valence-electron chi connectivity index (χ2n) is 3.65. The highest BCUT2D eigenvalue weighted by Crippen LogP contribution is 2.14. The van der Waals surface area contributed by atoms with Crippen LogP contribution in [0, 0.1) is 11.6 Å². The van der Waals surface area contributed by atoms with E-state index in [4.69, 9.17) is 5.73 Å². The molecule has 1 unspecified atom stereocenters. The molecule has 0 aliphatic carbocycles. The summed E-state index contributed by atoms with van der Waals surface area (Å²) in [7, 11) is 0. The van der Waals surface area contributed by atoms with Crippen LogP contribution in [0.2, 0.25) is 0 Å². The van der Waals surface area contributed by atoms with Crippen molar-refractivity contribution in [3.05, 3.63) is 29.8 Å². The first-order chi connectivity index (χ1) is 7.63. The Hall–Kier alpha value is -1.20. The Balaban J connectivity index is 2.42. The van der Waals surface area contributed by atoms with Crippen LogP contribution in [0.5, 0.6) is 0 Å². The number of nitrogens with two attached hydrogens (primary N) is 1. The van der Waals surface area contributed by atoms with Gasteiger partial charge >= 0.3 is 0 Å². The quantitative estimate of drug-likeness (QED) is 0.689. The molecule has 16 heavy (non-hydrogen) atoms. The molecule has 0 radical (unpaired) electrons. The molecule has 1 aromatic rings. The van der Waals surface area contributed by atoms with E-state index < -0.39 is 11.6 Å². The maximum Gasteiger partial charge on any atom is 0.149 e. The van der Waals surface area contributed by atoms with Gasteiger partial charge < -0.3 is 16.4 Å². The zero-order valence-electron chi connectivity index (χ0n) is 9.26. The van der Waals surface area contributed by atoms with Gasteiger partial charge in [-0.3, -0.25) is 0 Å². The van der Waals surface area contributed by atoms with Crippen molar-refractivity contribution in [3.8, 4) is 0 Å². The lowest BCUT2D eigenvalue weighted by Gasteiger charge is -2.15. The molecular weight excluding hydrogens is 212 g/mol. The molecule has 0 aliphatic heterocycles. The predicted octanol–water partition coefficient (Wildman–Crippen LogP) is 1.31.